The SMILES string of the molecule is C#CCCC(N)C(O)C(=O)NCC=C. The lowest BCUT2D eigenvalue weighted by molar-refractivity contribution is -0.130. The molecule has 0 aliphatic rings. The van der Waals surface area contributed by atoms with Crippen LogP contribution in [0.4, 0.5) is 0 Å². The van der Waals surface area contributed by atoms with Crippen LogP contribution < -0.4 is 11.1 Å². The number of aliphatic hydroxyl groups is 1. The molecule has 4 heteroatoms. The van der Waals surface area contributed by atoms with Crippen molar-refractivity contribution >= 4 is 5.91 Å². The molecule has 78 valence electrons. The summed E-state index contributed by atoms with van der Waals surface area (Å²) in [6.07, 6.45) is 6.23. The number of carbonyl (C=O) groups excluding carboxylic acids is 1. The second-order valence-electron chi connectivity index (χ2n) is 2.89. The molecule has 0 radical (unpaired) electrons. The molecule has 0 aromatic heterocycles. The fraction of sp³-hybridized carbons (Fsp3) is 0.500. The molecule has 0 aromatic carbocycles. The predicted molar refractivity (Wildman–Crippen MR) is 55.3 cm³/mol. The Morgan fingerprint density at radius 3 is 2.93 bits per heavy atom. The lowest BCUT2D eigenvalue weighted by Gasteiger charge is -2.16. The van der Waals surface area contributed by atoms with Crippen LogP contribution in [0.5, 0.6) is 0 Å². The van der Waals surface area contributed by atoms with Gasteiger partial charge in [-0.3, -0.25) is 4.79 Å². The van der Waals surface area contributed by atoms with Crippen LogP contribution in [0.25, 0.3) is 0 Å². The van der Waals surface area contributed by atoms with Crippen molar-refractivity contribution in [2.45, 2.75) is 25.0 Å². The van der Waals surface area contributed by atoms with Crippen molar-refractivity contribution in [2.75, 3.05) is 6.54 Å². The molecule has 2 atom stereocenters. The highest BCUT2D eigenvalue weighted by Crippen LogP contribution is 1.99. The molecule has 0 saturated heterocycles. The number of rotatable bonds is 6. The molecule has 0 heterocycles. The number of amides is 1. The van der Waals surface area contributed by atoms with Crippen LogP contribution in [0.3, 0.4) is 0 Å². The van der Waals surface area contributed by atoms with Crippen molar-refractivity contribution in [1.29, 1.82) is 0 Å². The first-order valence-electron chi connectivity index (χ1n) is 4.39. The van der Waals surface area contributed by atoms with Gasteiger partial charge in [-0.05, 0) is 6.42 Å². The number of hydrogen-bond acceptors (Lipinski definition) is 3. The Bertz CT molecular complexity index is 233. The van der Waals surface area contributed by atoms with Crippen LogP contribution in [0.15, 0.2) is 12.7 Å². The second-order valence-corrected chi connectivity index (χ2v) is 2.89. The normalized spacial score (nSPS) is 13.8. The van der Waals surface area contributed by atoms with Crippen LogP contribution in [0, 0.1) is 12.3 Å². The van der Waals surface area contributed by atoms with Crippen molar-refractivity contribution in [3.05, 3.63) is 12.7 Å². The smallest absolute Gasteiger partial charge is 0.250 e. The molecule has 0 bridgehead atoms. The number of nitrogens with two attached hydrogens (primary N) is 1. The summed E-state index contributed by atoms with van der Waals surface area (Å²) in [5.41, 5.74) is 5.54. The average molecular weight is 196 g/mol. The lowest BCUT2D eigenvalue weighted by Crippen LogP contribution is -2.46. The van der Waals surface area contributed by atoms with E-state index >= 15 is 0 Å². The third-order valence-corrected chi connectivity index (χ3v) is 1.72. The summed E-state index contributed by atoms with van der Waals surface area (Å²) in [6, 6.07) is -0.615. The van der Waals surface area contributed by atoms with Gasteiger partial charge in [0.15, 0.2) is 0 Å². The minimum absolute atomic E-state index is 0.317. The molecule has 4 N–H and O–H groups in total. The molecule has 0 fully saturated rings. The molecule has 0 spiro atoms. The minimum Gasteiger partial charge on any atom is -0.382 e. The van der Waals surface area contributed by atoms with E-state index in [2.05, 4.69) is 17.8 Å². The molecule has 0 saturated carbocycles. The molecule has 0 aliphatic carbocycles. The van der Waals surface area contributed by atoms with Crippen LogP contribution in [0.1, 0.15) is 12.8 Å². The Kier molecular flexibility index (Phi) is 6.46. The largest absolute Gasteiger partial charge is 0.382 e. The molecule has 0 aromatic rings. The fourth-order valence-corrected chi connectivity index (χ4v) is 0.880. The summed E-state index contributed by atoms with van der Waals surface area (Å²) in [4.78, 5) is 11.2. The quantitative estimate of drug-likeness (QED) is 0.392. The number of terminal acetylenes is 1. The Morgan fingerprint density at radius 1 is 1.79 bits per heavy atom. The predicted octanol–water partition coefficient (Wildman–Crippen LogP) is -0.610. The first-order chi connectivity index (χ1) is 6.63. The lowest BCUT2D eigenvalue weighted by atomic mass is 10.1. The first kappa shape index (κ1) is 12.7. The summed E-state index contributed by atoms with van der Waals surface area (Å²) in [6.45, 7) is 3.75. The summed E-state index contributed by atoms with van der Waals surface area (Å²) >= 11 is 0. The van der Waals surface area contributed by atoms with Gasteiger partial charge in [0.05, 0.1) is 0 Å². The monoisotopic (exact) mass is 196 g/mol. The van der Waals surface area contributed by atoms with Crippen molar-refractivity contribution in [3.8, 4) is 12.3 Å². The number of hydrogen-bond donors (Lipinski definition) is 3. The van der Waals surface area contributed by atoms with Crippen LogP contribution in [-0.4, -0.2) is 29.7 Å². The zero-order chi connectivity index (χ0) is 11.0. The second kappa shape index (κ2) is 7.13. The van der Waals surface area contributed by atoms with E-state index < -0.39 is 18.1 Å². The highest BCUT2D eigenvalue weighted by Gasteiger charge is 2.21. The van der Waals surface area contributed by atoms with E-state index in [0.717, 1.165) is 0 Å². The maximum atomic E-state index is 11.2. The van der Waals surface area contributed by atoms with E-state index in [1.54, 1.807) is 0 Å². The standard InChI is InChI=1S/C10H16N2O2/c1-3-5-6-8(11)9(13)10(14)12-7-4-2/h1,4,8-9,13H,2,5-7,11H2,(H,12,14). The zero-order valence-electron chi connectivity index (χ0n) is 8.07. The molecule has 0 aliphatic heterocycles. The van der Waals surface area contributed by atoms with Gasteiger partial charge in [-0.2, -0.15) is 0 Å². The molecule has 1 amide bonds. The van der Waals surface area contributed by atoms with Gasteiger partial charge < -0.3 is 16.2 Å². The highest BCUT2D eigenvalue weighted by atomic mass is 16.3. The third-order valence-electron chi connectivity index (χ3n) is 1.72. The van der Waals surface area contributed by atoms with E-state index in [4.69, 9.17) is 12.2 Å². The van der Waals surface area contributed by atoms with Crippen LogP contribution >= 0.6 is 0 Å². The minimum atomic E-state index is -1.21. The van der Waals surface area contributed by atoms with E-state index in [0.29, 0.717) is 19.4 Å². The van der Waals surface area contributed by atoms with E-state index in [-0.39, 0.29) is 0 Å². The summed E-state index contributed by atoms with van der Waals surface area (Å²) in [5, 5.41) is 11.9. The third kappa shape index (κ3) is 4.65. The van der Waals surface area contributed by atoms with E-state index in [9.17, 15) is 9.90 Å². The van der Waals surface area contributed by atoms with Gasteiger partial charge in [0, 0.05) is 19.0 Å². The van der Waals surface area contributed by atoms with Crippen LogP contribution in [-0.2, 0) is 4.79 Å². The molecule has 2 unspecified atom stereocenters. The summed E-state index contributed by atoms with van der Waals surface area (Å²) in [5.74, 6) is 1.91. The highest BCUT2D eigenvalue weighted by molar-refractivity contribution is 5.81. The average Bonchev–Trinajstić information content (AvgIpc) is 2.21. The fourth-order valence-electron chi connectivity index (χ4n) is 0.880. The van der Waals surface area contributed by atoms with E-state index in [1.807, 2.05) is 0 Å². The Labute approximate surface area is 84.2 Å². The Balaban J connectivity index is 3.91. The Hall–Kier alpha value is -1.31. The van der Waals surface area contributed by atoms with Gasteiger partial charge in [-0.1, -0.05) is 6.08 Å². The summed E-state index contributed by atoms with van der Waals surface area (Å²) in [7, 11) is 0. The number of nitrogens with one attached hydrogen (secondary N) is 1. The van der Waals surface area contributed by atoms with Gasteiger partial charge >= 0.3 is 0 Å². The number of carbonyl (C=O) groups is 1. The van der Waals surface area contributed by atoms with Crippen LogP contribution in [0.2, 0.25) is 0 Å². The molecular weight excluding hydrogens is 180 g/mol. The Morgan fingerprint density at radius 2 is 2.43 bits per heavy atom. The van der Waals surface area contributed by atoms with E-state index in [1.165, 1.54) is 6.08 Å². The van der Waals surface area contributed by atoms with Gasteiger partial charge in [-0.25, -0.2) is 0 Å². The molecule has 0 rings (SSSR count). The van der Waals surface area contributed by atoms with Gasteiger partial charge in [0.25, 0.3) is 5.91 Å². The first-order valence-corrected chi connectivity index (χ1v) is 4.39. The number of aliphatic hydroxyl groups excluding tert-OH is 1. The molecular formula is C10H16N2O2. The van der Waals surface area contributed by atoms with Crippen molar-refractivity contribution in [3.63, 3.8) is 0 Å². The molecule has 4 nitrogen and oxygen atoms in total. The van der Waals surface area contributed by atoms with Gasteiger partial charge in [0.2, 0.25) is 0 Å². The van der Waals surface area contributed by atoms with Gasteiger partial charge in [-0.15, -0.1) is 18.9 Å². The van der Waals surface area contributed by atoms with Crippen molar-refractivity contribution in [2.24, 2.45) is 5.73 Å². The summed E-state index contributed by atoms with van der Waals surface area (Å²) < 4.78 is 0. The topological polar surface area (TPSA) is 75.3 Å². The zero-order valence-corrected chi connectivity index (χ0v) is 8.07. The van der Waals surface area contributed by atoms with Crippen molar-refractivity contribution in [1.82, 2.24) is 5.32 Å². The van der Waals surface area contributed by atoms with Crippen molar-refractivity contribution < 1.29 is 9.90 Å². The van der Waals surface area contributed by atoms with Gasteiger partial charge in [0.1, 0.15) is 6.10 Å². The maximum Gasteiger partial charge on any atom is 0.250 e. The molecule has 14 heavy (non-hydrogen) atoms. The maximum absolute atomic E-state index is 11.2.